The van der Waals surface area contributed by atoms with Crippen molar-refractivity contribution < 1.29 is 27.4 Å². The summed E-state index contributed by atoms with van der Waals surface area (Å²) in [6.07, 6.45) is 2.16. The van der Waals surface area contributed by atoms with Crippen molar-refractivity contribution in [3.8, 4) is 17.4 Å². The lowest BCUT2D eigenvalue weighted by molar-refractivity contribution is -0.141. The number of hydrogen-bond donors (Lipinski definition) is 1. The molecule has 3 heterocycles. The van der Waals surface area contributed by atoms with Crippen LogP contribution in [0.15, 0.2) is 60.6 Å². The summed E-state index contributed by atoms with van der Waals surface area (Å²) in [6.45, 7) is 3.13. The average molecular weight is 499 g/mol. The number of nitrogens with one attached hydrogen (secondary N) is 1. The maximum atomic E-state index is 12.7. The van der Waals surface area contributed by atoms with Gasteiger partial charge < -0.3 is 14.4 Å². The molecule has 36 heavy (non-hydrogen) atoms. The molecule has 2 amide bonds. The van der Waals surface area contributed by atoms with Crippen molar-refractivity contribution in [3.63, 3.8) is 0 Å². The van der Waals surface area contributed by atoms with E-state index in [1.165, 1.54) is 31.1 Å². The van der Waals surface area contributed by atoms with Crippen LogP contribution in [0.5, 0.6) is 17.4 Å². The van der Waals surface area contributed by atoms with Crippen molar-refractivity contribution in [3.05, 3.63) is 71.8 Å². The van der Waals surface area contributed by atoms with Crippen molar-refractivity contribution in [2.75, 3.05) is 25.5 Å². The van der Waals surface area contributed by atoms with Gasteiger partial charge in [-0.25, -0.2) is 19.7 Å². The summed E-state index contributed by atoms with van der Waals surface area (Å²) in [6, 6.07) is 9.12. The fraction of sp³-hybridized carbons (Fsp3) is 0.280. The summed E-state index contributed by atoms with van der Waals surface area (Å²) in [5.74, 6) is 1.52. The van der Waals surface area contributed by atoms with Gasteiger partial charge in [0.25, 0.3) is 0 Å². The van der Waals surface area contributed by atoms with Gasteiger partial charge in [-0.15, -0.1) is 0 Å². The third-order valence-corrected chi connectivity index (χ3v) is 5.63. The molecule has 1 fully saturated rings. The number of carbonyl (C=O) groups is 1. The van der Waals surface area contributed by atoms with E-state index in [1.807, 2.05) is 25.1 Å². The first-order valence-electron chi connectivity index (χ1n) is 11.1. The molecule has 11 heteroatoms. The van der Waals surface area contributed by atoms with Gasteiger partial charge in [0.1, 0.15) is 17.2 Å². The number of benzene rings is 1. The molecule has 0 saturated carbocycles. The van der Waals surface area contributed by atoms with Gasteiger partial charge in [-0.3, -0.25) is 5.32 Å². The Labute approximate surface area is 205 Å². The monoisotopic (exact) mass is 499 g/mol. The van der Waals surface area contributed by atoms with Crippen LogP contribution >= 0.6 is 0 Å². The largest absolute Gasteiger partial charge is 0.480 e. The van der Waals surface area contributed by atoms with Crippen molar-refractivity contribution in [2.45, 2.75) is 19.5 Å². The minimum atomic E-state index is -4.50. The molecule has 1 N–H and O–H groups in total. The van der Waals surface area contributed by atoms with Gasteiger partial charge in [0.15, 0.2) is 5.82 Å². The Kier molecular flexibility index (Phi) is 7.37. The molecule has 1 saturated heterocycles. The van der Waals surface area contributed by atoms with Crippen LogP contribution in [0.1, 0.15) is 24.6 Å². The summed E-state index contributed by atoms with van der Waals surface area (Å²) in [5.41, 5.74) is 1.09. The summed E-state index contributed by atoms with van der Waals surface area (Å²) >= 11 is 0. The maximum absolute atomic E-state index is 12.7. The standard InChI is InChI=1S/C25H24F3N5O3/c1-16-15-33(24(34)32-22-13-31-23(35-2)14-30-22)9-8-18(16)10-17-4-3-5-19(11-17)36-20-6-7-21(29-12-20)25(26,27)28/h3-7,10-14,16H,8-9,15H2,1-2H3,(H,30,32,34). The number of anilines is 1. The highest BCUT2D eigenvalue weighted by Crippen LogP contribution is 2.30. The van der Waals surface area contributed by atoms with E-state index >= 15 is 0 Å². The Hall–Kier alpha value is -4.15. The van der Waals surface area contributed by atoms with E-state index in [-0.39, 0.29) is 17.7 Å². The Morgan fingerprint density at radius 1 is 1.11 bits per heavy atom. The highest BCUT2D eigenvalue weighted by molar-refractivity contribution is 5.88. The number of alkyl halides is 3. The minimum Gasteiger partial charge on any atom is -0.480 e. The second kappa shape index (κ2) is 10.6. The van der Waals surface area contributed by atoms with Crippen LogP contribution in [0.25, 0.3) is 6.08 Å². The lowest BCUT2D eigenvalue weighted by Gasteiger charge is -2.33. The van der Waals surface area contributed by atoms with Gasteiger partial charge >= 0.3 is 12.2 Å². The second-order valence-electron chi connectivity index (χ2n) is 8.24. The molecule has 1 aliphatic heterocycles. The van der Waals surface area contributed by atoms with Crippen molar-refractivity contribution in [2.24, 2.45) is 5.92 Å². The van der Waals surface area contributed by atoms with Gasteiger partial charge in [0.2, 0.25) is 5.88 Å². The van der Waals surface area contributed by atoms with Crippen LogP contribution in [-0.2, 0) is 6.18 Å². The van der Waals surface area contributed by atoms with Crippen LogP contribution in [0.3, 0.4) is 0 Å². The number of ether oxygens (including phenoxy) is 2. The molecular formula is C25H24F3N5O3. The topological polar surface area (TPSA) is 89.5 Å². The second-order valence-corrected chi connectivity index (χ2v) is 8.24. The SMILES string of the molecule is COc1cnc(NC(=O)N2CCC(=Cc3cccc(Oc4ccc(C(F)(F)F)nc4)c3)C(C)C2)cn1. The number of urea groups is 1. The molecule has 4 rings (SSSR count). The lowest BCUT2D eigenvalue weighted by Crippen LogP contribution is -2.42. The van der Waals surface area contributed by atoms with E-state index in [0.29, 0.717) is 37.0 Å². The number of carbonyl (C=O) groups excluding carboxylic acids is 1. The number of amides is 2. The number of halogens is 3. The maximum Gasteiger partial charge on any atom is 0.433 e. The number of methoxy groups -OCH3 is 1. The molecule has 1 aliphatic rings. The van der Waals surface area contributed by atoms with Crippen molar-refractivity contribution in [1.82, 2.24) is 19.9 Å². The number of aromatic nitrogens is 3. The zero-order valence-electron chi connectivity index (χ0n) is 19.6. The zero-order valence-corrected chi connectivity index (χ0v) is 19.6. The fourth-order valence-corrected chi connectivity index (χ4v) is 3.75. The Balaban J connectivity index is 1.37. The van der Waals surface area contributed by atoms with E-state index in [0.717, 1.165) is 17.8 Å². The Bertz CT molecular complexity index is 1230. The average Bonchev–Trinajstić information content (AvgIpc) is 2.86. The van der Waals surface area contributed by atoms with Gasteiger partial charge in [-0.05, 0) is 42.2 Å². The van der Waals surface area contributed by atoms with Crippen LogP contribution in [0.2, 0.25) is 0 Å². The van der Waals surface area contributed by atoms with Crippen LogP contribution < -0.4 is 14.8 Å². The predicted octanol–water partition coefficient (Wildman–Crippen LogP) is 5.65. The number of piperidine rings is 1. The van der Waals surface area contributed by atoms with Crippen LogP contribution in [-0.4, -0.2) is 46.1 Å². The normalized spacial score (nSPS) is 17.1. The molecule has 0 radical (unpaired) electrons. The smallest absolute Gasteiger partial charge is 0.433 e. The van der Waals surface area contributed by atoms with E-state index in [1.54, 1.807) is 17.0 Å². The number of nitrogens with zero attached hydrogens (tertiary/aromatic N) is 4. The number of likely N-dealkylation sites (tertiary alicyclic amines) is 1. The van der Waals surface area contributed by atoms with Crippen molar-refractivity contribution in [1.29, 1.82) is 0 Å². The summed E-state index contributed by atoms with van der Waals surface area (Å²) < 4.78 is 48.8. The van der Waals surface area contributed by atoms with E-state index in [2.05, 4.69) is 20.3 Å². The van der Waals surface area contributed by atoms with E-state index in [9.17, 15) is 18.0 Å². The first kappa shape index (κ1) is 25.0. The molecule has 8 nitrogen and oxygen atoms in total. The number of pyridine rings is 1. The summed E-state index contributed by atoms with van der Waals surface area (Å²) in [5, 5.41) is 2.74. The number of rotatable bonds is 5. The Morgan fingerprint density at radius 2 is 1.94 bits per heavy atom. The first-order chi connectivity index (χ1) is 17.2. The minimum absolute atomic E-state index is 0.120. The number of hydrogen-bond acceptors (Lipinski definition) is 6. The molecule has 0 bridgehead atoms. The molecule has 0 spiro atoms. The Morgan fingerprint density at radius 3 is 2.58 bits per heavy atom. The zero-order chi connectivity index (χ0) is 25.7. The molecule has 1 atom stereocenters. The fourth-order valence-electron chi connectivity index (χ4n) is 3.75. The molecule has 1 aromatic carbocycles. The third-order valence-electron chi connectivity index (χ3n) is 5.63. The van der Waals surface area contributed by atoms with Gasteiger partial charge in [0.05, 0.1) is 25.7 Å². The molecule has 0 aliphatic carbocycles. The molecule has 188 valence electrons. The van der Waals surface area contributed by atoms with E-state index < -0.39 is 11.9 Å². The van der Waals surface area contributed by atoms with Crippen molar-refractivity contribution >= 4 is 17.9 Å². The quantitative estimate of drug-likeness (QED) is 0.488. The van der Waals surface area contributed by atoms with Crippen LogP contribution in [0.4, 0.5) is 23.8 Å². The highest BCUT2D eigenvalue weighted by Gasteiger charge is 2.32. The van der Waals surface area contributed by atoms with E-state index in [4.69, 9.17) is 9.47 Å². The van der Waals surface area contributed by atoms with Gasteiger partial charge in [0, 0.05) is 13.1 Å². The molecule has 1 unspecified atom stereocenters. The lowest BCUT2D eigenvalue weighted by atomic mass is 9.91. The predicted molar refractivity (Wildman–Crippen MR) is 127 cm³/mol. The summed E-state index contributed by atoms with van der Waals surface area (Å²) in [4.78, 5) is 25.9. The molecule has 2 aromatic heterocycles. The third kappa shape index (κ3) is 6.29. The van der Waals surface area contributed by atoms with Gasteiger partial charge in [-0.2, -0.15) is 13.2 Å². The first-order valence-corrected chi connectivity index (χ1v) is 11.1. The molecule has 3 aromatic rings. The molecular weight excluding hydrogens is 475 g/mol. The van der Waals surface area contributed by atoms with Gasteiger partial charge in [-0.1, -0.05) is 30.7 Å². The van der Waals surface area contributed by atoms with Crippen LogP contribution in [0, 0.1) is 5.92 Å². The summed E-state index contributed by atoms with van der Waals surface area (Å²) in [7, 11) is 1.49. The highest BCUT2D eigenvalue weighted by atomic mass is 19.4.